The molecule has 0 radical (unpaired) electrons. The fraction of sp³-hybridized carbons (Fsp3) is 0. The maximum absolute atomic E-state index is 9.95. The van der Waals surface area contributed by atoms with E-state index in [0.29, 0.717) is 5.75 Å². The Morgan fingerprint density at radius 3 is 2.09 bits per heavy atom. The van der Waals surface area contributed by atoms with Crippen molar-refractivity contribution in [2.24, 2.45) is 0 Å². The Kier molecular flexibility index (Phi) is 5.23. The van der Waals surface area contributed by atoms with E-state index in [4.69, 9.17) is 0 Å². The third-order valence-electron chi connectivity index (χ3n) is 0.907. The fourth-order valence-corrected chi connectivity index (χ4v) is 0.823. The van der Waals surface area contributed by atoms with Gasteiger partial charge < -0.3 is 12.6 Å². The molecular formula is C6H5AgO3S. The second-order valence-corrected chi connectivity index (χ2v) is 2.18. The third-order valence-corrected chi connectivity index (χ3v) is 1.24. The Labute approximate surface area is 82.0 Å². The minimum atomic E-state index is -2.47. The van der Waals surface area contributed by atoms with Gasteiger partial charge in [0.25, 0.3) is 0 Å². The average molecular weight is 265 g/mol. The van der Waals surface area contributed by atoms with Crippen LogP contribution in [0.3, 0.4) is 0 Å². The Balaban J connectivity index is 0.000001000. The van der Waals surface area contributed by atoms with Gasteiger partial charge in [-0.15, -0.1) is 0 Å². The smallest absolute Gasteiger partial charge is 0.533 e. The molecule has 0 aliphatic rings. The summed E-state index contributed by atoms with van der Waals surface area (Å²) < 4.78 is 24.2. The van der Waals surface area contributed by atoms with E-state index >= 15 is 0 Å². The van der Waals surface area contributed by atoms with Crippen molar-refractivity contribution in [1.29, 1.82) is 0 Å². The van der Waals surface area contributed by atoms with E-state index < -0.39 is 11.0 Å². The summed E-state index contributed by atoms with van der Waals surface area (Å²) in [5, 5.41) is 0. The van der Waals surface area contributed by atoms with Crippen molar-refractivity contribution in [3.63, 3.8) is 0 Å². The fourth-order valence-electron chi connectivity index (χ4n) is 0.555. The summed E-state index contributed by atoms with van der Waals surface area (Å²) in [5.74, 6) is 0.329. The van der Waals surface area contributed by atoms with Crippen molar-refractivity contribution in [2.75, 3.05) is 0 Å². The quantitative estimate of drug-likeness (QED) is 0.597. The van der Waals surface area contributed by atoms with Crippen LogP contribution in [0.1, 0.15) is 0 Å². The number of hydrogen-bond acceptors (Lipinski definition) is 4. The number of para-hydroxylation sites is 1. The molecule has 0 atom stereocenters. The SMILES string of the molecule is O=[S-](=O)Oc1ccccc1.[Ag+]. The summed E-state index contributed by atoms with van der Waals surface area (Å²) in [7, 11) is -2.47. The van der Waals surface area contributed by atoms with Crippen LogP contribution >= 0.6 is 0 Å². The summed E-state index contributed by atoms with van der Waals surface area (Å²) in [6.07, 6.45) is 0. The Morgan fingerprint density at radius 1 is 1.09 bits per heavy atom. The van der Waals surface area contributed by atoms with Gasteiger partial charge in [0, 0.05) is 0 Å². The van der Waals surface area contributed by atoms with E-state index in [1.165, 1.54) is 0 Å². The molecule has 0 aromatic heterocycles. The monoisotopic (exact) mass is 264 g/mol. The zero-order valence-corrected chi connectivity index (χ0v) is 7.62. The molecule has 0 unspecified atom stereocenters. The molecule has 3 nitrogen and oxygen atoms in total. The molecule has 64 valence electrons. The van der Waals surface area contributed by atoms with Crippen LogP contribution in [0.4, 0.5) is 0 Å². The molecule has 0 aliphatic carbocycles. The second kappa shape index (κ2) is 5.37. The molecule has 0 amide bonds. The third kappa shape index (κ3) is 4.21. The maximum Gasteiger partial charge on any atom is 1.00 e. The van der Waals surface area contributed by atoms with Crippen LogP contribution in [0.25, 0.3) is 0 Å². The predicted octanol–water partition coefficient (Wildman–Crippen LogP) is 1.29. The molecular weight excluding hydrogens is 260 g/mol. The van der Waals surface area contributed by atoms with Crippen LogP contribution in [0.2, 0.25) is 0 Å². The van der Waals surface area contributed by atoms with Crippen molar-refractivity contribution < 1.29 is 35.0 Å². The van der Waals surface area contributed by atoms with Gasteiger partial charge in [-0.2, -0.15) is 0 Å². The first-order valence-electron chi connectivity index (χ1n) is 2.61. The topological polar surface area (TPSA) is 43.4 Å². The summed E-state index contributed by atoms with van der Waals surface area (Å²) in [5.41, 5.74) is 0. The molecule has 1 rings (SSSR count). The molecule has 11 heavy (non-hydrogen) atoms. The Bertz CT molecular complexity index is 262. The zero-order chi connectivity index (χ0) is 7.40. The Hall–Kier alpha value is -0.290. The second-order valence-electron chi connectivity index (χ2n) is 1.60. The van der Waals surface area contributed by atoms with Crippen LogP contribution < -0.4 is 4.18 Å². The van der Waals surface area contributed by atoms with E-state index in [9.17, 15) is 8.42 Å². The molecule has 0 saturated heterocycles. The van der Waals surface area contributed by atoms with Gasteiger partial charge in [-0.05, 0) is 12.1 Å². The number of benzene rings is 1. The summed E-state index contributed by atoms with van der Waals surface area (Å²) in [4.78, 5) is 0. The molecule has 1 aromatic carbocycles. The molecule has 0 saturated carbocycles. The van der Waals surface area contributed by atoms with E-state index in [2.05, 4.69) is 4.18 Å². The van der Waals surface area contributed by atoms with E-state index in [0.717, 1.165) is 0 Å². The standard InChI is InChI=1S/C6H5O3S.Ag/c7-10(8)9-6-4-2-1-3-5-6;/h1-5H;/q-1;+1. The first kappa shape index (κ1) is 10.7. The van der Waals surface area contributed by atoms with Crippen molar-refractivity contribution in [1.82, 2.24) is 0 Å². The zero-order valence-electron chi connectivity index (χ0n) is 5.32. The summed E-state index contributed by atoms with van der Waals surface area (Å²) >= 11 is 0. The van der Waals surface area contributed by atoms with Crippen molar-refractivity contribution in [3.05, 3.63) is 30.3 Å². The number of rotatable bonds is 2. The molecule has 0 spiro atoms. The van der Waals surface area contributed by atoms with Gasteiger partial charge in [-0.3, -0.25) is 0 Å². The van der Waals surface area contributed by atoms with Gasteiger partial charge in [0.1, 0.15) is 16.7 Å². The van der Waals surface area contributed by atoms with Gasteiger partial charge in [0.2, 0.25) is 0 Å². The molecule has 1 aromatic rings. The molecule has 0 bridgehead atoms. The van der Waals surface area contributed by atoms with Gasteiger partial charge in [-0.25, -0.2) is 0 Å². The molecule has 0 aliphatic heterocycles. The average Bonchev–Trinajstić information content (AvgIpc) is 1.88. The van der Waals surface area contributed by atoms with E-state index in [1.807, 2.05) is 0 Å². The van der Waals surface area contributed by atoms with Gasteiger partial charge >= 0.3 is 22.4 Å². The maximum atomic E-state index is 9.95. The molecule has 0 fully saturated rings. The van der Waals surface area contributed by atoms with Crippen LogP contribution in [0, 0.1) is 0 Å². The van der Waals surface area contributed by atoms with Crippen LogP contribution in [-0.2, 0) is 41.8 Å². The van der Waals surface area contributed by atoms with Crippen LogP contribution in [-0.4, -0.2) is 0 Å². The normalized spacial score (nSPS) is 8.82. The Morgan fingerprint density at radius 2 is 1.64 bits per heavy atom. The van der Waals surface area contributed by atoms with Gasteiger partial charge in [0.15, 0.2) is 0 Å². The van der Waals surface area contributed by atoms with Crippen LogP contribution in [0.5, 0.6) is 5.75 Å². The first-order valence-corrected chi connectivity index (χ1v) is 3.61. The largest absolute Gasteiger partial charge is 1.00 e. The van der Waals surface area contributed by atoms with Crippen molar-refractivity contribution in [2.45, 2.75) is 0 Å². The first-order chi connectivity index (χ1) is 4.79. The van der Waals surface area contributed by atoms with Crippen molar-refractivity contribution in [3.8, 4) is 5.75 Å². The number of hydrogen-bond donors (Lipinski definition) is 0. The summed E-state index contributed by atoms with van der Waals surface area (Å²) in [6.45, 7) is 0. The molecule has 5 heteroatoms. The minimum Gasteiger partial charge on any atom is -0.533 e. The molecule has 0 N–H and O–H groups in total. The predicted molar refractivity (Wildman–Crippen MR) is 35.8 cm³/mol. The summed E-state index contributed by atoms with van der Waals surface area (Å²) in [6, 6.07) is 8.30. The van der Waals surface area contributed by atoms with Gasteiger partial charge in [-0.1, -0.05) is 18.2 Å². The minimum absolute atomic E-state index is 0. The molecule has 0 heterocycles. The van der Waals surface area contributed by atoms with Gasteiger partial charge in [0.05, 0.1) is 0 Å². The van der Waals surface area contributed by atoms with Crippen LogP contribution in [0.15, 0.2) is 30.3 Å². The van der Waals surface area contributed by atoms with E-state index in [-0.39, 0.29) is 22.4 Å². The van der Waals surface area contributed by atoms with E-state index in [1.54, 1.807) is 30.3 Å². The van der Waals surface area contributed by atoms with Crippen molar-refractivity contribution >= 4 is 11.0 Å².